The van der Waals surface area contributed by atoms with Crippen molar-refractivity contribution in [1.82, 2.24) is 19.1 Å². The van der Waals surface area contributed by atoms with Gasteiger partial charge in [0.05, 0.1) is 36.9 Å². The topological polar surface area (TPSA) is 77.2 Å². The predicted molar refractivity (Wildman–Crippen MR) is 118 cm³/mol. The summed E-state index contributed by atoms with van der Waals surface area (Å²) >= 11 is 0. The molecule has 1 aliphatic rings. The predicted octanol–water partition coefficient (Wildman–Crippen LogP) is 2.04. The highest BCUT2D eigenvalue weighted by molar-refractivity contribution is 5.58. The van der Waals surface area contributed by atoms with Crippen LogP contribution in [0.5, 0.6) is 5.75 Å². The molecule has 5 rings (SSSR count). The molecule has 1 aliphatic heterocycles. The van der Waals surface area contributed by atoms with Gasteiger partial charge < -0.3 is 14.3 Å². The van der Waals surface area contributed by atoms with Gasteiger partial charge in [0, 0.05) is 6.20 Å². The highest BCUT2D eigenvalue weighted by Gasteiger charge is 2.35. The molecule has 162 valence electrons. The molecule has 1 unspecified atom stereocenters. The molecule has 2 aromatic heterocycles. The van der Waals surface area contributed by atoms with Crippen molar-refractivity contribution in [2.75, 3.05) is 13.7 Å². The number of fused-ring (bicyclic) bond motifs is 1. The Bertz CT molecular complexity index is 1500. The zero-order valence-electron chi connectivity index (χ0n) is 18.0. The first-order valence-corrected chi connectivity index (χ1v) is 10.2. The van der Waals surface area contributed by atoms with Gasteiger partial charge in [-0.2, -0.15) is 0 Å². The number of methoxy groups -OCH3 is 1. The van der Waals surface area contributed by atoms with E-state index in [0.29, 0.717) is 23.3 Å². The molecule has 0 amide bonds. The number of ether oxygens (including phenoxy) is 1. The average molecular weight is 431 g/mol. The van der Waals surface area contributed by atoms with Crippen molar-refractivity contribution in [3.05, 3.63) is 98.9 Å². The molecular weight excluding hydrogens is 409 g/mol. The highest BCUT2D eigenvalue weighted by atomic mass is 19.1. The third kappa shape index (κ3) is 3.15. The molecule has 0 fully saturated rings. The quantitative estimate of drug-likeness (QED) is 0.537. The molecule has 3 heterocycles. The minimum atomic E-state index is -0.677. The van der Waals surface area contributed by atoms with Gasteiger partial charge in [-0.1, -0.05) is 18.2 Å². The number of benzene rings is 2. The standard InChI is InChI=1S/C24H22FN5O2/c1-15-12-29(14-27-15)20-9-4-16(11-21(20)32-3)10-19-22(31)30-23(28-19)26-13-24(30,2)17-5-7-18(25)8-6-17/h4-12,14H,13H2,1-3H3,(H,26,28)/b19-10-. The zero-order valence-corrected chi connectivity index (χ0v) is 18.0. The van der Waals surface area contributed by atoms with Crippen LogP contribution < -0.4 is 21.3 Å². The number of nitrogens with zero attached hydrogens (tertiary/aromatic N) is 4. The van der Waals surface area contributed by atoms with E-state index in [1.54, 1.807) is 36.2 Å². The van der Waals surface area contributed by atoms with E-state index in [1.807, 2.05) is 42.8 Å². The Hall–Kier alpha value is -3.94. The van der Waals surface area contributed by atoms with E-state index >= 15 is 0 Å². The Morgan fingerprint density at radius 3 is 2.69 bits per heavy atom. The Morgan fingerprint density at radius 2 is 2.00 bits per heavy atom. The molecule has 0 saturated heterocycles. The van der Waals surface area contributed by atoms with Gasteiger partial charge in [0.15, 0.2) is 0 Å². The summed E-state index contributed by atoms with van der Waals surface area (Å²) in [7, 11) is 1.61. The maximum atomic E-state index is 13.4. The molecule has 0 bridgehead atoms. The van der Waals surface area contributed by atoms with E-state index < -0.39 is 5.54 Å². The minimum absolute atomic E-state index is 0.179. The number of aromatic nitrogens is 4. The molecule has 0 spiro atoms. The maximum Gasteiger partial charge on any atom is 0.277 e. The number of hydrogen-bond donors (Lipinski definition) is 1. The largest absolute Gasteiger partial charge is 0.495 e. The fourth-order valence-electron chi connectivity index (χ4n) is 4.16. The van der Waals surface area contributed by atoms with E-state index in [1.165, 1.54) is 12.1 Å². The lowest BCUT2D eigenvalue weighted by molar-refractivity contribution is 0.413. The third-order valence-electron chi connectivity index (χ3n) is 5.89. The van der Waals surface area contributed by atoms with Gasteiger partial charge in [-0.3, -0.25) is 9.36 Å². The number of aryl methyl sites for hydroxylation is 1. The number of H-pyrrole nitrogens is 1. The molecule has 4 aromatic rings. The SMILES string of the molecule is COc1cc(/C=c2\[nH]c3n(c2=O)C(C)(c2ccc(F)cc2)CN=3)ccc1-n1cnc(C)c1. The van der Waals surface area contributed by atoms with Gasteiger partial charge in [-0.25, -0.2) is 14.4 Å². The second kappa shape index (κ2) is 7.33. The molecule has 1 N–H and O–H groups in total. The van der Waals surface area contributed by atoms with Crippen LogP contribution in [0.2, 0.25) is 0 Å². The van der Waals surface area contributed by atoms with Gasteiger partial charge in [0.25, 0.3) is 5.56 Å². The van der Waals surface area contributed by atoms with Crippen LogP contribution in [-0.2, 0) is 5.54 Å². The second-order valence-electron chi connectivity index (χ2n) is 8.10. The first kappa shape index (κ1) is 20.0. The lowest BCUT2D eigenvalue weighted by atomic mass is 9.92. The minimum Gasteiger partial charge on any atom is -0.495 e. The van der Waals surface area contributed by atoms with Crippen molar-refractivity contribution in [2.24, 2.45) is 4.99 Å². The number of aromatic amines is 1. The normalized spacial score (nSPS) is 17.9. The van der Waals surface area contributed by atoms with Gasteiger partial charge in [-0.15, -0.1) is 0 Å². The first-order chi connectivity index (χ1) is 15.4. The van der Waals surface area contributed by atoms with Gasteiger partial charge in [0.2, 0.25) is 5.62 Å². The van der Waals surface area contributed by atoms with Crippen molar-refractivity contribution in [3.8, 4) is 11.4 Å². The summed E-state index contributed by atoms with van der Waals surface area (Å²) in [5.41, 5.74) is 3.05. The molecule has 0 radical (unpaired) electrons. The smallest absolute Gasteiger partial charge is 0.277 e. The summed E-state index contributed by atoms with van der Waals surface area (Å²) in [5.74, 6) is 0.349. The Labute approximate surface area is 183 Å². The van der Waals surface area contributed by atoms with E-state index in [2.05, 4.69) is 15.0 Å². The fourth-order valence-corrected chi connectivity index (χ4v) is 4.16. The van der Waals surface area contributed by atoms with Crippen LogP contribution in [0.1, 0.15) is 23.7 Å². The van der Waals surface area contributed by atoms with Crippen molar-refractivity contribution in [1.29, 1.82) is 0 Å². The number of halogens is 1. The van der Waals surface area contributed by atoms with Gasteiger partial charge in [-0.05, 0) is 55.3 Å². The van der Waals surface area contributed by atoms with Gasteiger partial charge in [0.1, 0.15) is 16.9 Å². The van der Waals surface area contributed by atoms with E-state index in [0.717, 1.165) is 22.5 Å². The second-order valence-corrected chi connectivity index (χ2v) is 8.10. The van der Waals surface area contributed by atoms with E-state index in [4.69, 9.17) is 4.74 Å². The van der Waals surface area contributed by atoms with Crippen LogP contribution >= 0.6 is 0 Å². The zero-order chi connectivity index (χ0) is 22.5. The summed E-state index contributed by atoms with van der Waals surface area (Å²) in [6.07, 6.45) is 5.43. The summed E-state index contributed by atoms with van der Waals surface area (Å²) in [5, 5.41) is 0.421. The first-order valence-electron chi connectivity index (χ1n) is 10.2. The van der Waals surface area contributed by atoms with Crippen LogP contribution in [0.3, 0.4) is 0 Å². The monoisotopic (exact) mass is 431 g/mol. The Morgan fingerprint density at radius 1 is 1.22 bits per heavy atom. The molecule has 1 atom stereocenters. The van der Waals surface area contributed by atoms with Gasteiger partial charge >= 0.3 is 0 Å². The van der Waals surface area contributed by atoms with Crippen LogP contribution in [0.25, 0.3) is 11.8 Å². The third-order valence-corrected chi connectivity index (χ3v) is 5.89. The van der Waals surface area contributed by atoms with Crippen molar-refractivity contribution in [2.45, 2.75) is 19.4 Å². The average Bonchev–Trinajstić information content (AvgIpc) is 3.45. The van der Waals surface area contributed by atoms with Crippen molar-refractivity contribution >= 4 is 6.08 Å². The number of rotatable bonds is 4. The molecule has 7 nitrogen and oxygen atoms in total. The number of imidazole rings is 2. The van der Waals surface area contributed by atoms with Crippen molar-refractivity contribution in [3.63, 3.8) is 0 Å². The van der Waals surface area contributed by atoms with Crippen LogP contribution in [0, 0.1) is 12.7 Å². The molecule has 8 heteroatoms. The number of hydrogen-bond acceptors (Lipinski definition) is 4. The highest BCUT2D eigenvalue weighted by Crippen LogP contribution is 2.27. The lowest BCUT2D eigenvalue weighted by Gasteiger charge is -2.25. The molecule has 0 saturated carbocycles. The number of nitrogens with one attached hydrogen (secondary N) is 1. The summed E-state index contributed by atoms with van der Waals surface area (Å²) in [6.45, 7) is 4.27. The maximum absolute atomic E-state index is 13.4. The molecular formula is C24H22FN5O2. The molecule has 32 heavy (non-hydrogen) atoms. The van der Waals surface area contributed by atoms with Crippen LogP contribution in [-0.4, -0.2) is 32.8 Å². The summed E-state index contributed by atoms with van der Waals surface area (Å²) in [6, 6.07) is 11.9. The molecule has 2 aromatic carbocycles. The van der Waals surface area contributed by atoms with Crippen LogP contribution in [0.15, 0.2) is 64.8 Å². The Balaban J connectivity index is 1.58. The van der Waals surface area contributed by atoms with E-state index in [-0.39, 0.29) is 11.4 Å². The molecule has 0 aliphatic carbocycles. The summed E-state index contributed by atoms with van der Waals surface area (Å²) < 4.78 is 22.5. The van der Waals surface area contributed by atoms with Crippen molar-refractivity contribution < 1.29 is 9.13 Å². The lowest BCUT2D eigenvalue weighted by Crippen LogP contribution is -2.44. The van der Waals surface area contributed by atoms with E-state index in [9.17, 15) is 9.18 Å². The fraction of sp³-hybridized carbons (Fsp3) is 0.208. The Kier molecular flexibility index (Phi) is 4.58. The van der Waals surface area contributed by atoms with Crippen LogP contribution in [0.4, 0.5) is 4.39 Å². The summed E-state index contributed by atoms with van der Waals surface area (Å²) in [4.78, 5) is 25.2.